The van der Waals surface area contributed by atoms with Crippen molar-refractivity contribution in [1.29, 1.82) is 0 Å². The quantitative estimate of drug-likeness (QED) is 0.776. The molecule has 0 aromatic rings. The number of carbonyl (C=O) groups excluding carboxylic acids is 1. The number of aliphatic hydroxyl groups excluding tert-OH is 1. The van der Waals surface area contributed by atoms with Crippen molar-refractivity contribution in [2.75, 3.05) is 19.7 Å². The van der Waals surface area contributed by atoms with E-state index in [0.717, 1.165) is 38.5 Å². The van der Waals surface area contributed by atoms with Crippen molar-refractivity contribution >= 4 is 6.03 Å². The molecule has 2 N–H and O–H groups in total. The van der Waals surface area contributed by atoms with E-state index in [2.05, 4.69) is 5.32 Å². The highest BCUT2D eigenvalue weighted by Gasteiger charge is 2.45. The van der Waals surface area contributed by atoms with Crippen molar-refractivity contribution in [3.63, 3.8) is 0 Å². The molecule has 2 amide bonds. The molecule has 5 nitrogen and oxygen atoms in total. The van der Waals surface area contributed by atoms with E-state index in [1.807, 2.05) is 0 Å². The summed E-state index contributed by atoms with van der Waals surface area (Å²) in [7, 11) is 0. The standard InChI is InChI=1S/C18H29F3N2O3/c19-18(20,21)15(24)13-5-4-9-23(12-13)16(25)22-14-6-10-26-17(11-14)7-2-1-3-8-17/h13-15,24H,1-12H2,(H,22,25). The number of nitrogens with one attached hydrogen (secondary N) is 1. The Balaban J connectivity index is 1.54. The topological polar surface area (TPSA) is 61.8 Å². The minimum absolute atomic E-state index is 0.00210. The minimum atomic E-state index is -4.64. The molecule has 3 rings (SSSR count). The number of ether oxygens (including phenoxy) is 1. The largest absolute Gasteiger partial charge is 0.414 e. The van der Waals surface area contributed by atoms with Crippen LogP contribution in [0, 0.1) is 5.92 Å². The SMILES string of the molecule is O=C(NC1CCOC2(CCCCC2)C1)N1CCCC(C(O)C(F)(F)F)C1. The number of alkyl halides is 3. The van der Waals surface area contributed by atoms with Crippen LogP contribution in [-0.2, 0) is 4.74 Å². The molecule has 0 radical (unpaired) electrons. The van der Waals surface area contributed by atoms with E-state index >= 15 is 0 Å². The van der Waals surface area contributed by atoms with Crippen molar-refractivity contribution in [3.05, 3.63) is 0 Å². The Morgan fingerprint density at radius 3 is 2.62 bits per heavy atom. The number of halogens is 3. The van der Waals surface area contributed by atoms with Crippen LogP contribution < -0.4 is 5.32 Å². The highest BCUT2D eigenvalue weighted by atomic mass is 19.4. The Kier molecular flexibility index (Phi) is 6.01. The number of carbonyl (C=O) groups is 1. The molecule has 3 unspecified atom stereocenters. The first-order valence-electron chi connectivity index (χ1n) is 9.73. The van der Waals surface area contributed by atoms with Crippen LogP contribution in [0.1, 0.15) is 57.8 Å². The third-order valence-corrected chi connectivity index (χ3v) is 6.11. The number of hydrogen-bond acceptors (Lipinski definition) is 3. The van der Waals surface area contributed by atoms with Gasteiger partial charge < -0.3 is 20.1 Å². The molecule has 1 aliphatic carbocycles. The van der Waals surface area contributed by atoms with E-state index in [4.69, 9.17) is 4.74 Å². The Morgan fingerprint density at radius 2 is 1.92 bits per heavy atom. The molecule has 8 heteroatoms. The predicted molar refractivity (Wildman–Crippen MR) is 89.7 cm³/mol. The number of rotatable bonds is 2. The van der Waals surface area contributed by atoms with E-state index in [0.29, 0.717) is 19.6 Å². The normalized spacial score (nSPS) is 30.8. The smallest absolute Gasteiger partial charge is 0.383 e. The van der Waals surface area contributed by atoms with Crippen molar-refractivity contribution in [2.24, 2.45) is 5.92 Å². The number of amides is 2. The second kappa shape index (κ2) is 7.92. The van der Waals surface area contributed by atoms with Crippen molar-refractivity contribution in [3.8, 4) is 0 Å². The molecule has 1 spiro atoms. The summed E-state index contributed by atoms with van der Waals surface area (Å²) in [6, 6.07) is -0.316. The van der Waals surface area contributed by atoms with Crippen LogP contribution in [0.2, 0.25) is 0 Å². The maximum Gasteiger partial charge on any atom is 0.414 e. The lowest BCUT2D eigenvalue weighted by Gasteiger charge is -2.44. The number of aliphatic hydroxyl groups is 1. The van der Waals surface area contributed by atoms with Gasteiger partial charge in [-0.15, -0.1) is 0 Å². The van der Waals surface area contributed by atoms with Crippen LogP contribution in [0.5, 0.6) is 0 Å². The highest BCUT2D eigenvalue weighted by Crippen LogP contribution is 2.38. The minimum Gasteiger partial charge on any atom is -0.383 e. The van der Waals surface area contributed by atoms with Gasteiger partial charge in [0.2, 0.25) is 0 Å². The fourth-order valence-corrected chi connectivity index (χ4v) is 4.68. The first kappa shape index (κ1) is 19.7. The third-order valence-electron chi connectivity index (χ3n) is 6.11. The van der Waals surface area contributed by atoms with E-state index in [-0.39, 0.29) is 30.6 Å². The van der Waals surface area contributed by atoms with Gasteiger partial charge in [-0.05, 0) is 38.5 Å². The van der Waals surface area contributed by atoms with Gasteiger partial charge in [-0.1, -0.05) is 19.3 Å². The summed E-state index contributed by atoms with van der Waals surface area (Å²) in [5.41, 5.74) is -0.134. The number of likely N-dealkylation sites (tertiary alicyclic amines) is 1. The molecule has 2 aliphatic heterocycles. The molecule has 2 heterocycles. The first-order valence-corrected chi connectivity index (χ1v) is 9.73. The summed E-state index contributed by atoms with van der Waals surface area (Å²) in [6.07, 6.45) is 0.799. The summed E-state index contributed by atoms with van der Waals surface area (Å²) in [6.45, 7) is 0.989. The molecule has 150 valence electrons. The predicted octanol–water partition coefficient (Wildman–Crippen LogP) is 3.21. The van der Waals surface area contributed by atoms with Gasteiger partial charge in [0, 0.05) is 31.7 Å². The number of piperidine rings is 1. The summed E-state index contributed by atoms with van der Waals surface area (Å²) < 4.78 is 44.3. The molecule has 2 saturated heterocycles. The zero-order valence-electron chi connectivity index (χ0n) is 15.1. The molecule has 0 bridgehead atoms. The summed E-state index contributed by atoms with van der Waals surface area (Å²) in [4.78, 5) is 14.0. The van der Waals surface area contributed by atoms with Crippen LogP contribution in [0.25, 0.3) is 0 Å². The van der Waals surface area contributed by atoms with Crippen LogP contribution in [0.4, 0.5) is 18.0 Å². The lowest BCUT2D eigenvalue weighted by atomic mass is 9.78. The number of hydrogen-bond donors (Lipinski definition) is 2. The van der Waals surface area contributed by atoms with Crippen LogP contribution in [-0.4, -0.2) is 59.7 Å². The maximum absolute atomic E-state index is 12.8. The number of urea groups is 1. The van der Waals surface area contributed by atoms with Crippen LogP contribution in [0.3, 0.4) is 0 Å². The molecule has 3 aliphatic rings. The van der Waals surface area contributed by atoms with Crippen molar-refractivity contribution < 1.29 is 27.8 Å². The van der Waals surface area contributed by atoms with Gasteiger partial charge in [0.05, 0.1) is 5.60 Å². The Morgan fingerprint density at radius 1 is 1.19 bits per heavy atom. The molecule has 26 heavy (non-hydrogen) atoms. The van der Waals surface area contributed by atoms with Gasteiger partial charge in [0.25, 0.3) is 0 Å². The molecule has 3 fully saturated rings. The lowest BCUT2D eigenvalue weighted by molar-refractivity contribution is -0.222. The number of nitrogens with zero attached hydrogens (tertiary/aromatic N) is 1. The second-order valence-electron chi connectivity index (χ2n) is 8.07. The third kappa shape index (κ3) is 4.63. The maximum atomic E-state index is 12.8. The van der Waals surface area contributed by atoms with Gasteiger partial charge in [0.15, 0.2) is 6.10 Å². The first-order chi connectivity index (χ1) is 12.3. The van der Waals surface area contributed by atoms with Gasteiger partial charge in [-0.3, -0.25) is 0 Å². The zero-order valence-corrected chi connectivity index (χ0v) is 15.1. The van der Waals surface area contributed by atoms with E-state index < -0.39 is 18.2 Å². The fraction of sp³-hybridized carbons (Fsp3) is 0.944. The van der Waals surface area contributed by atoms with Gasteiger partial charge >= 0.3 is 12.2 Å². The lowest BCUT2D eigenvalue weighted by Crippen LogP contribution is -2.55. The molecule has 3 atom stereocenters. The highest BCUT2D eigenvalue weighted by molar-refractivity contribution is 5.74. The van der Waals surface area contributed by atoms with Gasteiger partial charge in [-0.2, -0.15) is 13.2 Å². The zero-order chi connectivity index (χ0) is 18.8. The summed E-state index contributed by atoms with van der Waals surface area (Å²) >= 11 is 0. The summed E-state index contributed by atoms with van der Waals surface area (Å²) in [5.74, 6) is -0.950. The monoisotopic (exact) mass is 378 g/mol. The van der Waals surface area contributed by atoms with E-state index in [1.165, 1.54) is 11.3 Å². The molecular formula is C18H29F3N2O3. The van der Waals surface area contributed by atoms with Gasteiger partial charge in [0.1, 0.15) is 0 Å². The molecule has 1 saturated carbocycles. The fourth-order valence-electron chi connectivity index (χ4n) is 4.68. The average Bonchev–Trinajstić information content (AvgIpc) is 2.61. The molecule has 0 aromatic carbocycles. The summed E-state index contributed by atoms with van der Waals surface area (Å²) in [5, 5.41) is 12.5. The van der Waals surface area contributed by atoms with Crippen LogP contribution in [0.15, 0.2) is 0 Å². The average molecular weight is 378 g/mol. The van der Waals surface area contributed by atoms with Crippen molar-refractivity contribution in [2.45, 2.75) is 81.7 Å². The second-order valence-corrected chi connectivity index (χ2v) is 8.07. The van der Waals surface area contributed by atoms with Crippen molar-refractivity contribution in [1.82, 2.24) is 10.2 Å². The molecule has 0 aromatic heterocycles. The van der Waals surface area contributed by atoms with Gasteiger partial charge in [-0.25, -0.2) is 4.79 Å². The Bertz CT molecular complexity index is 489. The Labute approximate surface area is 152 Å². The Hall–Kier alpha value is -1.02. The van der Waals surface area contributed by atoms with E-state index in [1.54, 1.807) is 0 Å². The molecular weight excluding hydrogens is 349 g/mol. The van der Waals surface area contributed by atoms with Crippen LogP contribution >= 0.6 is 0 Å². The van der Waals surface area contributed by atoms with E-state index in [9.17, 15) is 23.1 Å².